The molecule has 5 heteroatoms. The topological polar surface area (TPSA) is 53.0 Å². The van der Waals surface area contributed by atoms with E-state index in [1.165, 1.54) is 0 Å². The van der Waals surface area contributed by atoms with Gasteiger partial charge in [-0.25, -0.2) is 0 Å². The Morgan fingerprint density at radius 3 is 2.62 bits per heavy atom. The van der Waals surface area contributed by atoms with E-state index in [1.54, 1.807) is 0 Å². The molecule has 0 aliphatic carbocycles. The van der Waals surface area contributed by atoms with Crippen molar-refractivity contribution in [3.8, 4) is 5.75 Å². The molecule has 0 unspecified atom stereocenters. The van der Waals surface area contributed by atoms with E-state index in [4.69, 9.17) is 9.84 Å². The molecule has 1 amide bonds. The Kier molecular flexibility index (Phi) is 5.59. The van der Waals surface area contributed by atoms with E-state index in [0.717, 1.165) is 18.8 Å². The average molecular weight is 292 g/mol. The van der Waals surface area contributed by atoms with Gasteiger partial charge in [-0.3, -0.25) is 9.69 Å². The quantitative estimate of drug-likeness (QED) is 0.887. The van der Waals surface area contributed by atoms with Crippen molar-refractivity contribution in [1.29, 1.82) is 0 Å². The third-order valence-corrected chi connectivity index (χ3v) is 3.53. The molecule has 1 aromatic rings. The highest BCUT2D eigenvalue weighted by atomic mass is 16.5. The predicted octanol–water partition coefficient (Wildman–Crippen LogP) is 1.22. The van der Waals surface area contributed by atoms with E-state index in [1.807, 2.05) is 43.0 Å². The van der Waals surface area contributed by atoms with Gasteiger partial charge in [0.05, 0.1) is 12.7 Å². The molecule has 1 fully saturated rings. The van der Waals surface area contributed by atoms with E-state index in [2.05, 4.69) is 4.90 Å². The molecule has 116 valence electrons. The van der Waals surface area contributed by atoms with Crippen LogP contribution < -0.4 is 4.74 Å². The summed E-state index contributed by atoms with van der Waals surface area (Å²) in [6, 6.07) is 7.36. The van der Waals surface area contributed by atoms with Crippen LogP contribution in [0.2, 0.25) is 0 Å². The fourth-order valence-corrected chi connectivity index (χ4v) is 2.47. The first kappa shape index (κ1) is 15.8. The van der Waals surface area contributed by atoms with Gasteiger partial charge in [0.2, 0.25) is 0 Å². The normalized spacial score (nSPS) is 16.3. The second kappa shape index (κ2) is 7.43. The van der Waals surface area contributed by atoms with Crippen molar-refractivity contribution >= 4 is 5.91 Å². The molecular formula is C16H24N2O3. The van der Waals surface area contributed by atoms with Crippen LogP contribution in [-0.2, 0) is 0 Å². The Labute approximate surface area is 126 Å². The molecule has 1 N–H and O–H groups in total. The highest BCUT2D eigenvalue weighted by Crippen LogP contribution is 2.17. The molecule has 0 radical (unpaired) electrons. The summed E-state index contributed by atoms with van der Waals surface area (Å²) >= 11 is 0. The van der Waals surface area contributed by atoms with Crippen molar-refractivity contribution in [3.05, 3.63) is 29.8 Å². The lowest BCUT2D eigenvalue weighted by Crippen LogP contribution is -2.49. The number of piperazine rings is 1. The van der Waals surface area contributed by atoms with Gasteiger partial charge in [0.25, 0.3) is 5.91 Å². The third-order valence-electron chi connectivity index (χ3n) is 3.53. The lowest BCUT2D eigenvalue weighted by Gasteiger charge is -2.34. The summed E-state index contributed by atoms with van der Waals surface area (Å²) in [4.78, 5) is 16.5. The van der Waals surface area contributed by atoms with Crippen molar-refractivity contribution in [2.75, 3.05) is 39.3 Å². The van der Waals surface area contributed by atoms with Crippen molar-refractivity contribution in [2.24, 2.45) is 0 Å². The molecule has 1 saturated heterocycles. The van der Waals surface area contributed by atoms with Gasteiger partial charge in [-0.15, -0.1) is 0 Å². The second-order valence-electron chi connectivity index (χ2n) is 5.55. The monoisotopic (exact) mass is 292 g/mol. The van der Waals surface area contributed by atoms with Gasteiger partial charge in [0.15, 0.2) is 0 Å². The predicted molar refractivity (Wildman–Crippen MR) is 81.6 cm³/mol. The number of rotatable bonds is 5. The average Bonchev–Trinajstić information content (AvgIpc) is 2.47. The fraction of sp³-hybridized carbons (Fsp3) is 0.562. The number of nitrogens with zero attached hydrogens (tertiary/aromatic N) is 2. The lowest BCUT2D eigenvalue weighted by molar-refractivity contribution is 0.0614. The molecule has 1 aromatic carbocycles. The molecule has 0 bridgehead atoms. The number of ether oxygens (including phenoxy) is 1. The van der Waals surface area contributed by atoms with Gasteiger partial charge >= 0.3 is 0 Å². The minimum absolute atomic E-state index is 0.0489. The molecule has 1 heterocycles. The minimum Gasteiger partial charge on any atom is -0.491 e. The summed E-state index contributed by atoms with van der Waals surface area (Å²) in [7, 11) is 0. The summed E-state index contributed by atoms with van der Waals surface area (Å²) in [5.41, 5.74) is 0.670. The molecule has 21 heavy (non-hydrogen) atoms. The van der Waals surface area contributed by atoms with Crippen LogP contribution in [0.15, 0.2) is 24.3 Å². The minimum atomic E-state index is 0.0489. The molecule has 0 aromatic heterocycles. The molecule has 5 nitrogen and oxygen atoms in total. The van der Waals surface area contributed by atoms with Gasteiger partial charge in [0.1, 0.15) is 5.75 Å². The van der Waals surface area contributed by atoms with Gasteiger partial charge in [-0.2, -0.15) is 0 Å². The Balaban J connectivity index is 1.97. The van der Waals surface area contributed by atoms with Gasteiger partial charge < -0.3 is 14.7 Å². The number of hydrogen-bond donors (Lipinski definition) is 1. The van der Waals surface area contributed by atoms with Gasteiger partial charge in [-0.1, -0.05) is 6.07 Å². The SMILES string of the molecule is CC(C)Oc1cccc(C(=O)N2CCN(CCO)CC2)c1. The van der Waals surface area contributed by atoms with Crippen LogP contribution in [0.1, 0.15) is 24.2 Å². The van der Waals surface area contributed by atoms with E-state index in [9.17, 15) is 4.79 Å². The number of hydrogen-bond acceptors (Lipinski definition) is 4. The highest BCUT2D eigenvalue weighted by Gasteiger charge is 2.22. The lowest BCUT2D eigenvalue weighted by atomic mass is 10.1. The smallest absolute Gasteiger partial charge is 0.254 e. The van der Waals surface area contributed by atoms with Crippen molar-refractivity contribution in [3.63, 3.8) is 0 Å². The summed E-state index contributed by atoms with van der Waals surface area (Å²) in [6.07, 6.45) is 0.0948. The molecular weight excluding hydrogens is 268 g/mol. The first-order valence-electron chi connectivity index (χ1n) is 7.49. The number of carbonyl (C=O) groups excluding carboxylic acids is 1. The summed E-state index contributed by atoms with van der Waals surface area (Å²) in [5, 5.41) is 8.94. The van der Waals surface area contributed by atoms with Crippen LogP contribution in [-0.4, -0.2) is 66.2 Å². The van der Waals surface area contributed by atoms with Crippen molar-refractivity contribution in [2.45, 2.75) is 20.0 Å². The zero-order chi connectivity index (χ0) is 15.2. The van der Waals surface area contributed by atoms with E-state index in [0.29, 0.717) is 25.2 Å². The first-order chi connectivity index (χ1) is 10.1. The molecule has 0 atom stereocenters. The number of aliphatic hydroxyl groups excluding tert-OH is 1. The van der Waals surface area contributed by atoms with Crippen LogP contribution in [0.25, 0.3) is 0 Å². The number of aliphatic hydroxyl groups is 1. The fourth-order valence-electron chi connectivity index (χ4n) is 2.47. The zero-order valence-electron chi connectivity index (χ0n) is 12.8. The van der Waals surface area contributed by atoms with Crippen molar-refractivity contribution < 1.29 is 14.6 Å². The number of β-amino-alcohol motifs (C(OH)–C–C–N with tert-alkyl or cyclic N) is 1. The zero-order valence-corrected chi connectivity index (χ0v) is 12.8. The number of benzene rings is 1. The molecule has 1 aliphatic heterocycles. The number of carbonyl (C=O) groups is 1. The van der Waals surface area contributed by atoms with E-state index < -0.39 is 0 Å². The Bertz CT molecular complexity index is 468. The third kappa shape index (κ3) is 4.44. The summed E-state index contributed by atoms with van der Waals surface area (Å²) < 4.78 is 5.63. The maximum atomic E-state index is 12.5. The second-order valence-corrected chi connectivity index (χ2v) is 5.55. The Hall–Kier alpha value is -1.59. The Morgan fingerprint density at radius 1 is 1.29 bits per heavy atom. The molecule has 1 aliphatic rings. The van der Waals surface area contributed by atoms with Gasteiger partial charge in [-0.05, 0) is 32.0 Å². The first-order valence-corrected chi connectivity index (χ1v) is 7.49. The van der Waals surface area contributed by atoms with Crippen LogP contribution in [0.3, 0.4) is 0 Å². The van der Waals surface area contributed by atoms with Crippen LogP contribution in [0.5, 0.6) is 5.75 Å². The molecule has 0 spiro atoms. The van der Waals surface area contributed by atoms with Crippen LogP contribution >= 0.6 is 0 Å². The Morgan fingerprint density at radius 2 is 2.00 bits per heavy atom. The maximum Gasteiger partial charge on any atom is 0.254 e. The molecule has 2 rings (SSSR count). The summed E-state index contributed by atoms with van der Waals surface area (Å²) in [5.74, 6) is 0.780. The molecule has 0 saturated carbocycles. The summed E-state index contributed by atoms with van der Waals surface area (Å²) in [6.45, 7) is 7.82. The largest absolute Gasteiger partial charge is 0.491 e. The van der Waals surface area contributed by atoms with E-state index >= 15 is 0 Å². The van der Waals surface area contributed by atoms with Crippen molar-refractivity contribution in [1.82, 2.24) is 9.80 Å². The standard InChI is InChI=1S/C16H24N2O3/c1-13(2)21-15-5-3-4-14(12-15)16(20)18-8-6-17(7-9-18)10-11-19/h3-5,12-13,19H,6-11H2,1-2H3. The van der Waals surface area contributed by atoms with Gasteiger partial charge in [0, 0.05) is 38.3 Å². The van der Waals surface area contributed by atoms with Crippen LogP contribution in [0, 0.1) is 0 Å². The van der Waals surface area contributed by atoms with E-state index in [-0.39, 0.29) is 18.6 Å². The maximum absolute atomic E-state index is 12.5. The number of amides is 1. The highest BCUT2D eigenvalue weighted by molar-refractivity contribution is 5.94. The van der Waals surface area contributed by atoms with Crippen LogP contribution in [0.4, 0.5) is 0 Å².